The first kappa shape index (κ1) is 13.5. The molecule has 3 heteroatoms. The van der Waals surface area contributed by atoms with Gasteiger partial charge in [-0.1, -0.05) is 18.5 Å². The molecule has 0 amide bonds. The van der Waals surface area contributed by atoms with Crippen LogP contribution < -0.4 is 4.74 Å². The third kappa shape index (κ3) is 2.67. The fraction of sp³-hybridized carbons (Fsp3) is 0.588. The first-order valence-corrected chi connectivity index (χ1v) is 7.74. The summed E-state index contributed by atoms with van der Waals surface area (Å²) in [6.07, 6.45) is 6.36. The van der Waals surface area contributed by atoms with E-state index in [2.05, 4.69) is 5.16 Å². The van der Waals surface area contributed by atoms with Crippen molar-refractivity contribution in [3.05, 3.63) is 29.8 Å². The quantitative estimate of drug-likeness (QED) is 0.499. The summed E-state index contributed by atoms with van der Waals surface area (Å²) in [5.74, 6) is 3.57. The molecular weight excluding hydrogens is 250 g/mol. The molecule has 1 N–H and O–H groups in total. The van der Waals surface area contributed by atoms with E-state index in [1.54, 1.807) is 0 Å². The predicted molar refractivity (Wildman–Crippen MR) is 79.5 cm³/mol. The number of oxime groups is 1. The van der Waals surface area contributed by atoms with Crippen molar-refractivity contribution >= 4 is 5.71 Å². The zero-order valence-corrected chi connectivity index (χ0v) is 12.1. The second kappa shape index (κ2) is 5.86. The first-order chi connectivity index (χ1) is 9.80. The molecule has 3 rings (SSSR count). The Hall–Kier alpha value is -1.51. The van der Waals surface area contributed by atoms with Gasteiger partial charge in [0.1, 0.15) is 5.75 Å². The van der Waals surface area contributed by atoms with Gasteiger partial charge in [-0.2, -0.15) is 0 Å². The lowest BCUT2D eigenvalue weighted by Crippen LogP contribution is -2.18. The van der Waals surface area contributed by atoms with Gasteiger partial charge in [0.25, 0.3) is 0 Å². The fourth-order valence-corrected chi connectivity index (χ4v) is 3.86. The van der Waals surface area contributed by atoms with Crippen LogP contribution in [0, 0.1) is 17.8 Å². The minimum atomic E-state index is 0.713. The average Bonchev–Trinajstić information content (AvgIpc) is 3.10. The standard InChI is InChI=1S/C17H23NO2/c1-2-17(18-19)13-5-7-16(8-6-13)20-11-15-10-12-3-4-14(15)9-12/h5-8,12,14-15,19H,2-4,9-11H2,1H3. The highest BCUT2D eigenvalue weighted by Crippen LogP contribution is 2.48. The third-order valence-electron chi connectivity index (χ3n) is 4.99. The lowest BCUT2D eigenvalue weighted by Gasteiger charge is -2.21. The molecule has 0 heterocycles. The number of fused-ring (bicyclic) bond motifs is 2. The number of nitrogens with zero attached hydrogens (tertiary/aromatic N) is 1. The molecule has 3 nitrogen and oxygen atoms in total. The Labute approximate surface area is 120 Å². The van der Waals surface area contributed by atoms with Crippen LogP contribution in [0.25, 0.3) is 0 Å². The second-order valence-corrected chi connectivity index (χ2v) is 6.17. The van der Waals surface area contributed by atoms with E-state index >= 15 is 0 Å². The molecule has 3 atom stereocenters. The summed E-state index contributed by atoms with van der Waals surface area (Å²) in [6.45, 7) is 2.84. The summed E-state index contributed by atoms with van der Waals surface area (Å²) in [6, 6.07) is 7.89. The lowest BCUT2D eigenvalue weighted by molar-refractivity contribution is 0.195. The van der Waals surface area contributed by atoms with Crippen molar-refractivity contribution in [3.8, 4) is 5.75 Å². The van der Waals surface area contributed by atoms with Crippen LogP contribution >= 0.6 is 0 Å². The third-order valence-corrected chi connectivity index (χ3v) is 4.99. The second-order valence-electron chi connectivity index (χ2n) is 6.17. The molecule has 108 valence electrons. The molecule has 2 saturated carbocycles. The van der Waals surface area contributed by atoms with E-state index in [0.717, 1.165) is 42.1 Å². The topological polar surface area (TPSA) is 41.8 Å². The van der Waals surface area contributed by atoms with Crippen LogP contribution in [0.1, 0.15) is 44.6 Å². The highest BCUT2D eigenvalue weighted by molar-refractivity contribution is 6.00. The van der Waals surface area contributed by atoms with Crippen molar-refractivity contribution in [2.45, 2.75) is 39.0 Å². The van der Waals surface area contributed by atoms with Gasteiger partial charge < -0.3 is 9.94 Å². The van der Waals surface area contributed by atoms with E-state index in [1.165, 1.54) is 25.7 Å². The molecule has 0 aromatic heterocycles. The maximum Gasteiger partial charge on any atom is 0.119 e. The molecule has 2 aliphatic rings. The van der Waals surface area contributed by atoms with E-state index in [0.29, 0.717) is 5.71 Å². The van der Waals surface area contributed by atoms with E-state index in [9.17, 15) is 0 Å². The van der Waals surface area contributed by atoms with Crippen LogP contribution in [-0.2, 0) is 0 Å². The van der Waals surface area contributed by atoms with Crippen LogP contribution in [0.4, 0.5) is 0 Å². The molecule has 20 heavy (non-hydrogen) atoms. The van der Waals surface area contributed by atoms with E-state index < -0.39 is 0 Å². The van der Waals surface area contributed by atoms with Gasteiger partial charge in [0.2, 0.25) is 0 Å². The molecule has 1 aromatic rings. The molecule has 3 unspecified atom stereocenters. The SMILES string of the molecule is CCC(=NO)c1ccc(OCC2CC3CCC2C3)cc1. The Kier molecular flexibility index (Phi) is 3.95. The monoisotopic (exact) mass is 273 g/mol. The van der Waals surface area contributed by atoms with Crippen molar-refractivity contribution in [2.24, 2.45) is 22.9 Å². The van der Waals surface area contributed by atoms with Crippen molar-refractivity contribution < 1.29 is 9.94 Å². The van der Waals surface area contributed by atoms with Crippen LogP contribution in [0.15, 0.2) is 29.4 Å². The number of ether oxygens (including phenoxy) is 1. The van der Waals surface area contributed by atoms with Crippen molar-refractivity contribution in [1.29, 1.82) is 0 Å². The molecular formula is C17H23NO2. The Balaban J connectivity index is 1.56. The first-order valence-electron chi connectivity index (χ1n) is 7.74. The highest BCUT2D eigenvalue weighted by Gasteiger charge is 2.39. The van der Waals surface area contributed by atoms with Gasteiger partial charge in [-0.15, -0.1) is 0 Å². The van der Waals surface area contributed by atoms with Gasteiger partial charge in [0.05, 0.1) is 12.3 Å². The van der Waals surface area contributed by atoms with Crippen LogP contribution in [0.3, 0.4) is 0 Å². The molecule has 0 aliphatic heterocycles. The molecule has 0 spiro atoms. The summed E-state index contributed by atoms with van der Waals surface area (Å²) < 4.78 is 5.94. The summed E-state index contributed by atoms with van der Waals surface area (Å²) in [5.41, 5.74) is 1.67. The zero-order valence-electron chi connectivity index (χ0n) is 12.1. The van der Waals surface area contributed by atoms with E-state index in [-0.39, 0.29) is 0 Å². The number of benzene rings is 1. The van der Waals surface area contributed by atoms with Crippen molar-refractivity contribution in [1.82, 2.24) is 0 Å². The number of rotatable bonds is 5. The van der Waals surface area contributed by atoms with Gasteiger partial charge in [-0.05, 0) is 73.3 Å². The average molecular weight is 273 g/mol. The minimum absolute atomic E-state index is 0.713. The maximum absolute atomic E-state index is 8.91. The van der Waals surface area contributed by atoms with E-state index in [4.69, 9.17) is 9.94 Å². The smallest absolute Gasteiger partial charge is 0.119 e. The Morgan fingerprint density at radius 1 is 1.25 bits per heavy atom. The van der Waals surface area contributed by atoms with Crippen molar-refractivity contribution in [3.63, 3.8) is 0 Å². The molecule has 0 saturated heterocycles. The van der Waals surface area contributed by atoms with Gasteiger partial charge in [-0.3, -0.25) is 0 Å². The van der Waals surface area contributed by atoms with Crippen LogP contribution in [-0.4, -0.2) is 17.5 Å². The maximum atomic E-state index is 8.91. The zero-order chi connectivity index (χ0) is 13.9. The number of hydrogen-bond acceptors (Lipinski definition) is 3. The molecule has 2 fully saturated rings. The van der Waals surface area contributed by atoms with E-state index in [1.807, 2.05) is 31.2 Å². The van der Waals surface area contributed by atoms with Gasteiger partial charge in [0.15, 0.2) is 0 Å². The van der Waals surface area contributed by atoms with Crippen LogP contribution in [0.5, 0.6) is 5.75 Å². The molecule has 0 radical (unpaired) electrons. The lowest BCUT2D eigenvalue weighted by atomic mass is 9.89. The predicted octanol–water partition coefficient (Wildman–Crippen LogP) is 4.09. The Morgan fingerprint density at radius 3 is 2.60 bits per heavy atom. The van der Waals surface area contributed by atoms with Gasteiger partial charge in [0, 0.05) is 0 Å². The highest BCUT2D eigenvalue weighted by atomic mass is 16.5. The largest absolute Gasteiger partial charge is 0.493 e. The summed E-state index contributed by atoms with van der Waals surface area (Å²) >= 11 is 0. The minimum Gasteiger partial charge on any atom is -0.493 e. The Bertz CT molecular complexity index is 480. The molecule has 1 aromatic carbocycles. The number of hydrogen-bond donors (Lipinski definition) is 1. The molecule has 2 aliphatic carbocycles. The fourth-order valence-electron chi connectivity index (χ4n) is 3.86. The van der Waals surface area contributed by atoms with Crippen molar-refractivity contribution in [2.75, 3.05) is 6.61 Å². The van der Waals surface area contributed by atoms with Crippen LogP contribution in [0.2, 0.25) is 0 Å². The normalized spacial score (nSPS) is 28.9. The van der Waals surface area contributed by atoms with Gasteiger partial charge >= 0.3 is 0 Å². The summed E-state index contributed by atoms with van der Waals surface area (Å²) in [7, 11) is 0. The molecule has 2 bridgehead atoms. The summed E-state index contributed by atoms with van der Waals surface area (Å²) in [4.78, 5) is 0. The Morgan fingerprint density at radius 2 is 2.05 bits per heavy atom. The summed E-state index contributed by atoms with van der Waals surface area (Å²) in [5, 5.41) is 12.2. The van der Waals surface area contributed by atoms with Gasteiger partial charge in [-0.25, -0.2) is 0 Å².